The van der Waals surface area contributed by atoms with Crippen molar-refractivity contribution in [2.75, 3.05) is 15.5 Å². The molecule has 3 aromatic carbocycles. The van der Waals surface area contributed by atoms with Crippen LogP contribution in [0.4, 0.5) is 17.1 Å². The third kappa shape index (κ3) is 4.98. The smallest absolute Gasteiger partial charge is 0.283 e. The van der Waals surface area contributed by atoms with Crippen LogP contribution in [0.3, 0.4) is 0 Å². The Kier molecular flexibility index (Phi) is 7.69. The predicted molar refractivity (Wildman–Crippen MR) is 145 cm³/mol. The quantitative estimate of drug-likeness (QED) is 0.322. The summed E-state index contributed by atoms with van der Waals surface area (Å²) < 4.78 is 0. The molecule has 0 aliphatic carbocycles. The van der Waals surface area contributed by atoms with Crippen molar-refractivity contribution in [2.45, 2.75) is 26.7 Å². The van der Waals surface area contributed by atoms with Gasteiger partial charge in [0.15, 0.2) is 0 Å². The van der Waals surface area contributed by atoms with E-state index >= 15 is 0 Å². The molecule has 0 fully saturated rings. The molecular weight excluding hydrogens is 521 g/mol. The van der Waals surface area contributed by atoms with Crippen molar-refractivity contribution in [1.29, 1.82) is 0 Å². The first-order valence-electron chi connectivity index (χ1n) is 11.3. The van der Waals surface area contributed by atoms with E-state index in [1.54, 1.807) is 30.3 Å². The van der Waals surface area contributed by atoms with E-state index in [4.69, 9.17) is 34.8 Å². The Morgan fingerprint density at radius 3 is 2.19 bits per heavy atom. The number of halogens is 3. The molecule has 1 heterocycles. The van der Waals surface area contributed by atoms with Gasteiger partial charge in [-0.15, -0.1) is 0 Å². The summed E-state index contributed by atoms with van der Waals surface area (Å²) in [6.45, 7) is 4.07. The van der Waals surface area contributed by atoms with Crippen LogP contribution in [0.15, 0.2) is 71.4 Å². The van der Waals surface area contributed by atoms with Gasteiger partial charge in [0.2, 0.25) is 0 Å². The number of carbonyl (C=O) groups is 3. The van der Waals surface area contributed by atoms with Crippen molar-refractivity contribution in [2.24, 2.45) is 0 Å². The SMILES string of the molecule is CCc1cccc(CC)c1NC(=O)c1cccc(NC2=C(Cl)C(=O)N(c3cc(Cl)ccc3Cl)C2=O)c1. The van der Waals surface area contributed by atoms with Crippen LogP contribution >= 0.6 is 34.8 Å². The highest BCUT2D eigenvalue weighted by atomic mass is 35.5. The zero-order valence-corrected chi connectivity index (χ0v) is 21.8. The van der Waals surface area contributed by atoms with E-state index in [0.717, 1.165) is 34.6 Å². The van der Waals surface area contributed by atoms with Crippen LogP contribution in [0, 0.1) is 0 Å². The number of carbonyl (C=O) groups excluding carboxylic acids is 3. The first-order valence-corrected chi connectivity index (χ1v) is 12.4. The van der Waals surface area contributed by atoms with Gasteiger partial charge in [-0.2, -0.15) is 0 Å². The van der Waals surface area contributed by atoms with E-state index < -0.39 is 11.8 Å². The molecule has 1 aliphatic rings. The fourth-order valence-electron chi connectivity index (χ4n) is 3.96. The van der Waals surface area contributed by atoms with Gasteiger partial charge >= 0.3 is 0 Å². The van der Waals surface area contributed by atoms with Gasteiger partial charge in [0.1, 0.15) is 10.7 Å². The number of hydrogen-bond acceptors (Lipinski definition) is 4. The second kappa shape index (κ2) is 10.7. The summed E-state index contributed by atoms with van der Waals surface area (Å²) in [4.78, 5) is 39.9. The van der Waals surface area contributed by atoms with Gasteiger partial charge in [-0.1, -0.05) is 72.9 Å². The summed E-state index contributed by atoms with van der Waals surface area (Å²) >= 11 is 18.5. The highest BCUT2D eigenvalue weighted by Crippen LogP contribution is 2.36. The van der Waals surface area contributed by atoms with E-state index in [1.165, 1.54) is 12.1 Å². The zero-order valence-electron chi connectivity index (χ0n) is 19.5. The third-order valence-electron chi connectivity index (χ3n) is 5.81. The molecule has 0 saturated heterocycles. The highest BCUT2D eigenvalue weighted by Gasteiger charge is 2.40. The lowest BCUT2D eigenvalue weighted by molar-refractivity contribution is -0.120. The third-order valence-corrected chi connectivity index (χ3v) is 6.71. The molecule has 3 amide bonds. The largest absolute Gasteiger partial charge is 0.350 e. The van der Waals surface area contributed by atoms with Crippen LogP contribution in [0.25, 0.3) is 0 Å². The van der Waals surface area contributed by atoms with E-state index in [-0.39, 0.29) is 27.3 Å². The number of benzene rings is 3. The Balaban J connectivity index is 1.58. The molecular formula is C27H22Cl3N3O3. The molecule has 1 aliphatic heterocycles. The fourth-order valence-corrected chi connectivity index (χ4v) is 4.54. The predicted octanol–water partition coefficient (Wildman–Crippen LogP) is 6.81. The molecule has 9 heteroatoms. The molecule has 184 valence electrons. The van der Waals surface area contributed by atoms with Gasteiger partial charge in [-0.05, 0) is 60.4 Å². The molecule has 0 saturated carbocycles. The standard InChI is InChI=1S/C27H22Cl3N3O3/c1-3-15-7-5-8-16(4-2)23(15)32-25(34)17-9-6-10-19(13-17)31-24-22(30)26(35)33(27(24)36)21-14-18(28)11-12-20(21)29/h5-14,31H,3-4H2,1-2H3,(H,32,34). The Labute approximate surface area is 223 Å². The van der Waals surface area contributed by atoms with E-state index in [1.807, 2.05) is 32.0 Å². The lowest BCUT2D eigenvalue weighted by Crippen LogP contribution is -2.32. The molecule has 36 heavy (non-hydrogen) atoms. The average molecular weight is 543 g/mol. The molecule has 0 bridgehead atoms. The molecule has 0 radical (unpaired) electrons. The van der Waals surface area contributed by atoms with E-state index in [2.05, 4.69) is 10.6 Å². The molecule has 0 atom stereocenters. The fraction of sp³-hybridized carbons (Fsp3) is 0.148. The Hall–Kier alpha value is -3.32. The number of rotatable bonds is 7. The Bertz CT molecular complexity index is 1400. The highest BCUT2D eigenvalue weighted by molar-refractivity contribution is 6.54. The summed E-state index contributed by atoms with van der Waals surface area (Å²) in [5.74, 6) is -1.71. The van der Waals surface area contributed by atoms with E-state index in [0.29, 0.717) is 16.3 Å². The average Bonchev–Trinajstić information content (AvgIpc) is 3.08. The second-order valence-electron chi connectivity index (χ2n) is 8.05. The summed E-state index contributed by atoms with van der Waals surface area (Å²) in [6, 6.07) is 17.0. The van der Waals surface area contributed by atoms with Crippen molar-refractivity contribution >= 4 is 69.6 Å². The molecule has 0 spiro atoms. The Morgan fingerprint density at radius 1 is 0.861 bits per heavy atom. The number of anilines is 3. The van der Waals surface area contributed by atoms with Crippen LogP contribution in [0.2, 0.25) is 10.0 Å². The monoisotopic (exact) mass is 541 g/mol. The maximum Gasteiger partial charge on any atom is 0.283 e. The minimum absolute atomic E-state index is 0.125. The number of nitrogens with one attached hydrogen (secondary N) is 2. The van der Waals surface area contributed by atoms with Crippen LogP contribution < -0.4 is 15.5 Å². The number of hydrogen-bond donors (Lipinski definition) is 2. The summed E-state index contributed by atoms with van der Waals surface area (Å²) in [6.07, 6.45) is 1.56. The summed E-state index contributed by atoms with van der Waals surface area (Å²) in [5.41, 5.74) is 3.69. The van der Waals surface area contributed by atoms with Crippen molar-refractivity contribution in [3.05, 3.63) is 98.1 Å². The van der Waals surface area contributed by atoms with Crippen LogP contribution in [-0.2, 0) is 22.4 Å². The maximum atomic E-state index is 13.1. The van der Waals surface area contributed by atoms with E-state index in [9.17, 15) is 14.4 Å². The lowest BCUT2D eigenvalue weighted by Gasteiger charge is -2.17. The molecule has 0 unspecified atom stereocenters. The van der Waals surface area contributed by atoms with Gasteiger partial charge in [0.25, 0.3) is 17.7 Å². The van der Waals surface area contributed by atoms with Gasteiger partial charge in [0.05, 0.1) is 10.7 Å². The number of para-hydroxylation sites is 1. The van der Waals surface area contributed by atoms with Crippen molar-refractivity contribution in [3.8, 4) is 0 Å². The van der Waals surface area contributed by atoms with Crippen LogP contribution in [0.1, 0.15) is 35.3 Å². The minimum Gasteiger partial charge on any atom is -0.350 e. The molecule has 3 aromatic rings. The summed E-state index contributed by atoms with van der Waals surface area (Å²) in [5, 5.41) is 6.09. The molecule has 4 rings (SSSR count). The molecule has 0 aromatic heterocycles. The molecule has 2 N–H and O–H groups in total. The van der Waals surface area contributed by atoms with Gasteiger partial charge < -0.3 is 10.6 Å². The topological polar surface area (TPSA) is 78.5 Å². The first-order chi connectivity index (χ1) is 17.2. The Morgan fingerprint density at radius 2 is 1.53 bits per heavy atom. The summed E-state index contributed by atoms with van der Waals surface area (Å²) in [7, 11) is 0. The number of amides is 3. The maximum absolute atomic E-state index is 13.1. The molecule has 6 nitrogen and oxygen atoms in total. The number of aryl methyl sites for hydroxylation is 2. The minimum atomic E-state index is -0.731. The van der Waals surface area contributed by atoms with Gasteiger partial charge in [0, 0.05) is 22.0 Å². The first kappa shape index (κ1) is 25.8. The second-order valence-corrected chi connectivity index (χ2v) is 9.27. The van der Waals surface area contributed by atoms with Crippen molar-refractivity contribution in [3.63, 3.8) is 0 Å². The van der Waals surface area contributed by atoms with Crippen LogP contribution in [0.5, 0.6) is 0 Å². The van der Waals surface area contributed by atoms with Crippen molar-refractivity contribution < 1.29 is 14.4 Å². The van der Waals surface area contributed by atoms with Gasteiger partial charge in [-0.3, -0.25) is 14.4 Å². The van der Waals surface area contributed by atoms with Crippen LogP contribution in [-0.4, -0.2) is 17.7 Å². The normalized spacial score (nSPS) is 13.4. The number of nitrogens with zero attached hydrogens (tertiary/aromatic N) is 1. The zero-order chi connectivity index (χ0) is 26.0. The van der Waals surface area contributed by atoms with Crippen molar-refractivity contribution in [1.82, 2.24) is 0 Å². The lowest BCUT2D eigenvalue weighted by atomic mass is 10.0. The van der Waals surface area contributed by atoms with Gasteiger partial charge in [-0.25, -0.2) is 4.90 Å². The number of imide groups is 1.